The Bertz CT molecular complexity index is 1170. The number of ether oxygens (including phenoxy) is 1. The van der Waals surface area contributed by atoms with E-state index in [1.165, 1.54) is 29.3 Å². The monoisotopic (exact) mass is 465 g/mol. The second-order valence-corrected chi connectivity index (χ2v) is 7.20. The van der Waals surface area contributed by atoms with E-state index in [1.54, 1.807) is 6.07 Å². The first-order valence-electron chi connectivity index (χ1n) is 9.20. The highest BCUT2D eigenvalue weighted by Gasteiger charge is 2.16. The fourth-order valence-electron chi connectivity index (χ4n) is 2.84. The number of amides is 1. The van der Waals surface area contributed by atoms with Gasteiger partial charge >= 0.3 is 0 Å². The van der Waals surface area contributed by atoms with Crippen LogP contribution in [0.15, 0.2) is 35.3 Å². The van der Waals surface area contributed by atoms with Crippen molar-refractivity contribution in [3.05, 3.63) is 67.8 Å². The van der Waals surface area contributed by atoms with Gasteiger partial charge in [0.05, 0.1) is 17.3 Å². The molecule has 0 atom stereocenters. The molecule has 3 N–H and O–H groups in total. The quantitative estimate of drug-likeness (QED) is 0.387. The third-order valence-electron chi connectivity index (χ3n) is 4.50. The number of H-pyrrole nitrogens is 1. The first-order chi connectivity index (χ1) is 14.8. The van der Waals surface area contributed by atoms with E-state index in [1.807, 2.05) is 6.92 Å². The van der Waals surface area contributed by atoms with E-state index in [4.69, 9.17) is 33.7 Å². The lowest BCUT2D eigenvalue weighted by molar-refractivity contribution is -0.106. The molecular formula is C20H18Cl2FN5O3. The number of nitrogens with two attached hydrogens (primary N) is 1. The fourth-order valence-corrected chi connectivity index (χ4v) is 3.40. The van der Waals surface area contributed by atoms with E-state index in [0.717, 1.165) is 0 Å². The van der Waals surface area contributed by atoms with Gasteiger partial charge in [0.15, 0.2) is 17.4 Å². The molecule has 0 radical (unpaired) electrons. The number of nitrogen functional groups attached to an aromatic ring is 1. The molecule has 1 aromatic carbocycles. The number of hydrogen-bond donors (Lipinski definition) is 2. The lowest BCUT2D eigenvalue weighted by atomic mass is 10.1. The summed E-state index contributed by atoms with van der Waals surface area (Å²) in [5.41, 5.74) is 6.90. The topological polar surface area (TPSA) is 114 Å². The zero-order valence-electron chi connectivity index (χ0n) is 16.4. The molecule has 2 heterocycles. The highest BCUT2D eigenvalue weighted by Crippen LogP contribution is 2.30. The van der Waals surface area contributed by atoms with Crippen LogP contribution >= 0.6 is 23.2 Å². The highest BCUT2D eigenvalue weighted by molar-refractivity contribution is 6.36. The molecule has 3 aromatic rings. The minimum absolute atomic E-state index is 0.00162. The van der Waals surface area contributed by atoms with E-state index < -0.39 is 5.82 Å². The van der Waals surface area contributed by atoms with Crippen LogP contribution in [-0.4, -0.2) is 28.2 Å². The zero-order valence-corrected chi connectivity index (χ0v) is 17.9. The number of pyridine rings is 1. The number of aromatic nitrogens is 3. The summed E-state index contributed by atoms with van der Waals surface area (Å²) in [6, 6.07) is 5.61. The summed E-state index contributed by atoms with van der Waals surface area (Å²) in [4.78, 5) is 27.3. The van der Waals surface area contributed by atoms with Gasteiger partial charge < -0.3 is 15.5 Å². The van der Waals surface area contributed by atoms with Crippen LogP contribution in [0, 0.1) is 5.82 Å². The maximum atomic E-state index is 13.7. The first kappa shape index (κ1) is 22.5. The summed E-state index contributed by atoms with van der Waals surface area (Å²) in [7, 11) is 0. The average molecular weight is 466 g/mol. The van der Waals surface area contributed by atoms with Crippen molar-refractivity contribution >= 4 is 46.9 Å². The van der Waals surface area contributed by atoms with Crippen LogP contribution in [0.4, 0.5) is 21.7 Å². The number of nitrogens with one attached hydrogen (secondary N) is 1. The van der Waals surface area contributed by atoms with Gasteiger partial charge in [-0.2, -0.15) is 0 Å². The molecule has 11 heteroatoms. The van der Waals surface area contributed by atoms with Gasteiger partial charge in [0.1, 0.15) is 5.82 Å². The maximum Gasteiger partial charge on any atom is 0.251 e. The molecule has 0 saturated carbocycles. The number of carbonyl (C=O) groups is 1. The van der Waals surface area contributed by atoms with Gasteiger partial charge in [0.2, 0.25) is 6.41 Å². The smallest absolute Gasteiger partial charge is 0.251 e. The number of halogens is 3. The molecule has 0 unspecified atom stereocenters. The van der Waals surface area contributed by atoms with Crippen LogP contribution in [0.3, 0.4) is 0 Å². The number of rotatable bonds is 8. The molecular weight excluding hydrogens is 448 g/mol. The summed E-state index contributed by atoms with van der Waals surface area (Å²) < 4.78 is 19.3. The summed E-state index contributed by atoms with van der Waals surface area (Å²) in [5.74, 6) is -0.278. The second-order valence-electron chi connectivity index (χ2n) is 6.41. The normalized spacial score (nSPS) is 10.7. The first-order valence-corrected chi connectivity index (χ1v) is 9.95. The van der Waals surface area contributed by atoms with Crippen molar-refractivity contribution in [3.63, 3.8) is 0 Å². The Kier molecular flexibility index (Phi) is 7.09. The Morgan fingerprint density at radius 2 is 2.06 bits per heavy atom. The largest absolute Gasteiger partial charge is 0.489 e. The van der Waals surface area contributed by atoms with E-state index >= 15 is 0 Å². The molecule has 0 bridgehead atoms. The Hall–Kier alpha value is -3.17. The van der Waals surface area contributed by atoms with Gasteiger partial charge in [-0.1, -0.05) is 30.1 Å². The molecule has 8 nitrogen and oxygen atoms in total. The number of hydrogen-bond acceptors (Lipinski definition) is 6. The lowest BCUT2D eigenvalue weighted by Crippen LogP contribution is -2.20. The standard InChI is InChI=1S/C20H18Cl2FN5O3/c1-2-11-7-12(9-25-20(11)30)28(10-29)17-8-16(19(24)27-26-17)31-6-5-13-14(21)3-4-15(23)18(13)22/h3-4,7-10H,2,5-6H2,1H3,(H2,24,27)(H,25,30). The zero-order chi connectivity index (χ0) is 22.5. The van der Waals surface area contributed by atoms with Gasteiger partial charge in [-0.3, -0.25) is 14.5 Å². The minimum Gasteiger partial charge on any atom is -0.489 e. The molecule has 162 valence electrons. The molecule has 0 spiro atoms. The van der Waals surface area contributed by atoms with Gasteiger partial charge in [-0.05, 0) is 30.2 Å². The molecule has 1 amide bonds. The summed E-state index contributed by atoms with van der Waals surface area (Å²) in [6.07, 6.45) is 2.62. The summed E-state index contributed by atoms with van der Waals surface area (Å²) >= 11 is 12.0. The van der Waals surface area contributed by atoms with Crippen molar-refractivity contribution in [2.24, 2.45) is 0 Å². The molecule has 0 aliphatic carbocycles. The van der Waals surface area contributed by atoms with Crippen LogP contribution in [0.2, 0.25) is 10.0 Å². The van der Waals surface area contributed by atoms with Crippen molar-refractivity contribution < 1.29 is 13.9 Å². The minimum atomic E-state index is -0.581. The van der Waals surface area contributed by atoms with Crippen LogP contribution in [0.1, 0.15) is 18.1 Å². The molecule has 0 aliphatic heterocycles. The predicted molar refractivity (Wildman–Crippen MR) is 117 cm³/mol. The molecule has 3 rings (SSSR count). The molecule has 0 aliphatic rings. The van der Waals surface area contributed by atoms with E-state index in [2.05, 4.69) is 15.2 Å². The van der Waals surface area contributed by atoms with Gasteiger partial charge in [0.25, 0.3) is 5.56 Å². The van der Waals surface area contributed by atoms with Gasteiger partial charge in [-0.25, -0.2) is 4.39 Å². The maximum absolute atomic E-state index is 13.7. The van der Waals surface area contributed by atoms with Crippen molar-refractivity contribution in [2.45, 2.75) is 19.8 Å². The Labute approximate surface area is 186 Å². The van der Waals surface area contributed by atoms with Crippen LogP contribution in [0.25, 0.3) is 0 Å². The Morgan fingerprint density at radius 1 is 1.29 bits per heavy atom. The Balaban J connectivity index is 1.82. The van der Waals surface area contributed by atoms with Crippen molar-refractivity contribution in [1.82, 2.24) is 15.2 Å². The van der Waals surface area contributed by atoms with Crippen molar-refractivity contribution in [2.75, 3.05) is 17.2 Å². The van der Waals surface area contributed by atoms with Crippen molar-refractivity contribution in [1.29, 1.82) is 0 Å². The molecule has 0 fully saturated rings. The fraction of sp³-hybridized carbons (Fsp3) is 0.200. The summed E-state index contributed by atoms with van der Waals surface area (Å²) in [5, 5.41) is 7.99. The van der Waals surface area contributed by atoms with Crippen LogP contribution in [0.5, 0.6) is 5.75 Å². The second kappa shape index (κ2) is 9.76. The number of aromatic amines is 1. The van der Waals surface area contributed by atoms with E-state index in [9.17, 15) is 14.0 Å². The number of benzene rings is 1. The molecule has 0 saturated heterocycles. The number of anilines is 3. The molecule has 2 aromatic heterocycles. The average Bonchev–Trinajstić information content (AvgIpc) is 2.76. The lowest BCUT2D eigenvalue weighted by Gasteiger charge is -2.18. The SMILES string of the molecule is CCc1cc(N(C=O)c2cc(OCCc3c(Cl)ccc(F)c3Cl)c(N)nn2)c[nH]c1=O. The molecule has 31 heavy (non-hydrogen) atoms. The van der Waals surface area contributed by atoms with Crippen molar-refractivity contribution in [3.8, 4) is 5.75 Å². The summed E-state index contributed by atoms with van der Waals surface area (Å²) in [6.45, 7) is 1.89. The highest BCUT2D eigenvalue weighted by atomic mass is 35.5. The van der Waals surface area contributed by atoms with Crippen LogP contribution in [-0.2, 0) is 17.6 Å². The third kappa shape index (κ3) is 4.95. The number of nitrogens with zero attached hydrogens (tertiary/aromatic N) is 3. The Morgan fingerprint density at radius 3 is 2.77 bits per heavy atom. The predicted octanol–water partition coefficient (Wildman–Crippen LogP) is 3.67. The number of aryl methyl sites for hydroxylation is 1. The van der Waals surface area contributed by atoms with Crippen LogP contribution < -0.4 is 20.9 Å². The number of carbonyl (C=O) groups excluding carboxylic acids is 1. The van der Waals surface area contributed by atoms with Gasteiger partial charge in [-0.15, -0.1) is 10.2 Å². The van der Waals surface area contributed by atoms with E-state index in [0.29, 0.717) is 34.7 Å². The van der Waals surface area contributed by atoms with E-state index in [-0.39, 0.29) is 41.0 Å². The third-order valence-corrected chi connectivity index (χ3v) is 5.26. The van der Waals surface area contributed by atoms with Gasteiger partial charge in [0, 0.05) is 29.3 Å².